The average Bonchev–Trinajstić information content (AvgIpc) is 2.53. The molecule has 6 unspecified atom stereocenters. The first-order valence-electron chi connectivity index (χ1n) is 7.23. The van der Waals surface area contributed by atoms with E-state index < -0.39 is 24.5 Å². The van der Waals surface area contributed by atoms with Crippen molar-refractivity contribution in [1.82, 2.24) is 0 Å². The van der Waals surface area contributed by atoms with Crippen LogP contribution in [0.2, 0.25) is 0 Å². The van der Waals surface area contributed by atoms with Gasteiger partial charge < -0.3 is 25.1 Å². The Morgan fingerprint density at radius 3 is 2.76 bits per heavy atom. The average molecular weight is 311 g/mol. The third-order valence-electron chi connectivity index (χ3n) is 3.82. The van der Waals surface area contributed by atoms with Crippen LogP contribution in [0.1, 0.15) is 18.8 Å². The summed E-state index contributed by atoms with van der Waals surface area (Å²) in [5, 5.41) is 10.4. The summed E-state index contributed by atoms with van der Waals surface area (Å²) < 4.78 is 17.6. The highest BCUT2D eigenvalue weighted by Crippen LogP contribution is 2.35. The van der Waals surface area contributed by atoms with Gasteiger partial charge in [-0.3, -0.25) is 0 Å². The highest BCUT2D eigenvalue weighted by molar-refractivity contribution is 7.99. The Balaban J connectivity index is 1.71. The van der Waals surface area contributed by atoms with Gasteiger partial charge in [0.15, 0.2) is 6.29 Å². The Morgan fingerprint density at radius 2 is 2.05 bits per heavy atom. The molecule has 1 aromatic rings. The van der Waals surface area contributed by atoms with E-state index in [1.54, 1.807) is 11.8 Å². The highest BCUT2D eigenvalue weighted by Gasteiger charge is 2.47. The molecule has 1 aromatic carbocycles. The molecule has 0 spiro atoms. The van der Waals surface area contributed by atoms with Crippen molar-refractivity contribution in [2.45, 2.75) is 43.0 Å². The van der Waals surface area contributed by atoms with Gasteiger partial charge in [0, 0.05) is 5.56 Å². The largest absolute Gasteiger partial charge is 0.389 e. The molecule has 2 saturated heterocycles. The topological polar surface area (TPSA) is 73.9 Å². The first-order valence-corrected chi connectivity index (χ1v) is 8.28. The smallest absolute Gasteiger partial charge is 0.184 e. The Kier molecular flexibility index (Phi) is 4.83. The van der Waals surface area contributed by atoms with E-state index in [1.165, 1.54) is 0 Å². The zero-order valence-corrected chi connectivity index (χ0v) is 12.7. The molecule has 6 atom stereocenters. The van der Waals surface area contributed by atoms with E-state index in [-0.39, 0.29) is 11.5 Å². The predicted molar refractivity (Wildman–Crippen MR) is 80.8 cm³/mol. The number of thioether (sulfide) groups is 1. The van der Waals surface area contributed by atoms with Crippen molar-refractivity contribution in [1.29, 1.82) is 0 Å². The molecule has 0 aliphatic carbocycles. The molecule has 3 N–H and O–H groups in total. The van der Waals surface area contributed by atoms with Crippen molar-refractivity contribution in [3.05, 3.63) is 35.9 Å². The molecule has 2 heterocycles. The summed E-state index contributed by atoms with van der Waals surface area (Å²) in [6.07, 6.45) is -1.95. The summed E-state index contributed by atoms with van der Waals surface area (Å²) >= 11 is 1.60. The van der Waals surface area contributed by atoms with Crippen molar-refractivity contribution >= 4 is 11.8 Å². The maximum absolute atomic E-state index is 10.4. The molecule has 2 aliphatic heterocycles. The SMILES string of the molecule is CCSC1OC2COC(c3ccccc3)OC2C(O)C1N. The van der Waals surface area contributed by atoms with Gasteiger partial charge in [0.25, 0.3) is 0 Å². The first kappa shape index (κ1) is 15.3. The standard InChI is InChI=1S/C15H21NO4S/c1-2-21-15-11(16)12(17)13-10(19-15)8-18-14(20-13)9-6-4-3-5-7-9/h3-7,10-15,17H,2,8,16H2,1H3. The predicted octanol–water partition coefficient (Wildman–Crippen LogP) is 1.27. The maximum Gasteiger partial charge on any atom is 0.184 e. The monoisotopic (exact) mass is 311 g/mol. The third-order valence-corrected chi connectivity index (χ3v) is 4.90. The fraction of sp³-hybridized carbons (Fsp3) is 0.600. The molecule has 5 nitrogen and oxygen atoms in total. The second-order valence-corrected chi connectivity index (χ2v) is 6.62. The maximum atomic E-state index is 10.4. The zero-order chi connectivity index (χ0) is 14.8. The van der Waals surface area contributed by atoms with Crippen LogP contribution >= 0.6 is 11.8 Å². The highest BCUT2D eigenvalue weighted by atomic mass is 32.2. The van der Waals surface area contributed by atoms with Crippen LogP contribution in [0.4, 0.5) is 0 Å². The molecule has 2 fully saturated rings. The number of ether oxygens (including phenoxy) is 3. The summed E-state index contributed by atoms with van der Waals surface area (Å²) in [5.74, 6) is 0.886. The molecule has 0 bridgehead atoms. The molecule has 0 saturated carbocycles. The van der Waals surface area contributed by atoms with Crippen LogP contribution in [0.3, 0.4) is 0 Å². The van der Waals surface area contributed by atoms with Crippen LogP contribution in [-0.4, -0.2) is 47.3 Å². The normalized spacial score (nSPS) is 39.8. The number of hydrogen-bond acceptors (Lipinski definition) is 6. The van der Waals surface area contributed by atoms with Crippen LogP contribution in [0.15, 0.2) is 30.3 Å². The summed E-state index contributed by atoms with van der Waals surface area (Å²) in [6, 6.07) is 9.23. The lowest BCUT2D eigenvalue weighted by Gasteiger charge is -2.46. The Labute approximate surface area is 128 Å². The van der Waals surface area contributed by atoms with Gasteiger partial charge in [-0.15, -0.1) is 11.8 Å². The zero-order valence-electron chi connectivity index (χ0n) is 11.9. The molecule has 21 heavy (non-hydrogen) atoms. The van der Waals surface area contributed by atoms with E-state index in [4.69, 9.17) is 19.9 Å². The lowest BCUT2D eigenvalue weighted by atomic mass is 9.97. The van der Waals surface area contributed by atoms with E-state index in [9.17, 15) is 5.11 Å². The van der Waals surface area contributed by atoms with Crippen LogP contribution in [0.5, 0.6) is 0 Å². The Bertz CT molecular complexity index is 458. The minimum Gasteiger partial charge on any atom is -0.389 e. The van der Waals surface area contributed by atoms with E-state index in [1.807, 2.05) is 37.3 Å². The Hall–Kier alpha value is -0.630. The summed E-state index contributed by atoms with van der Waals surface area (Å²) in [4.78, 5) is 0. The van der Waals surface area contributed by atoms with E-state index >= 15 is 0 Å². The van der Waals surface area contributed by atoms with Crippen molar-refractivity contribution in [3.8, 4) is 0 Å². The lowest BCUT2D eigenvalue weighted by Crippen LogP contribution is -2.63. The van der Waals surface area contributed by atoms with Crippen LogP contribution in [-0.2, 0) is 14.2 Å². The van der Waals surface area contributed by atoms with Gasteiger partial charge in [-0.25, -0.2) is 0 Å². The quantitative estimate of drug-likeness (QED) is 0.876. The van der Waals surface area contributed by atoms with Crippen molar-refractivity contribution in [2.75, 3.05) is 12.4 Å². The van der Waals surface area contributed by atoms with Crippen molar-refractivity contribution in [2.24, 2.45) is 5.73 Å². The molecule has 3 rings (SSSR count). The number of aliphatic hydroxyl groups excluding tert-OH is 1. The molecular weight excluding hydrogens is 290 g/mol. The van der Waals surface area contributed by atoms with Crippen LogP contribution in [0, 0.1) is 0 Å². The Morgan fingerprint density at radius 1 is 1.29 bits per heavy atom. The second kappa shape index (κ2) is 6.64. The van der Waals surface area contributed by atoms with Gasteiger partial charge >= 0.3 is 0 Å². The molecule has 0 aromatic heterocycles. The van der Waals surface area contributed by atoms with Gasteiger partial charge in [-0.05, 0) is 5.75 Å². The van der Waals surface area contributed by atoms with Gasteiger partial charge in [0.2, 0.25) is 0 Å². The second-order valence-electron chi connectivity index (χ2n) is 5.24. The van der Waals surface area contributed by atoms with Gasteiger partial charge in [0.05, 0.1) is 12.6 Å². The first-order chi connectivity index (χ1) is 10.2. The number of nitrogens with two attached hydrogens (primary N) is 1. The minimum absolute atomic E-state index is 0.216. The number of fused-ring (bicyclic) bond motifs is 1. The number of rotatable bonds is 3. The van der Waals surface area contributed by atoms with E-state index in [0.717, 1.165) is 11.3 Å². The van der Waals surface area contributed by atoms with E-state index in [0.29, 0.717) is 6.61 Å². The number of aliphatic hydroxyl groups is 1. The molecular formula is C15H21NO4S. The molecule has 116 valence electrons. The third kappa shape index (κ3) is 3.11. The molecule has 0 radical (unpaired) electrons. The number of benzene rings is 1. The molecule has 2 aliphatic rings. The summed E-state index contributed by atoms with van der Waals surface area (Å²) in [5.41, 5.74) is 6.80. The molecule has 0 amide bonds. The lowest BCUT2D eigenvalue weighted by molar-refractivity contribution is -0.305. The van der Waals surface area contributed by atoms with Gasteiger partial charge in [-0.1, -0.05) is 37.3 Å². The number of hydrogen-bond donors (Lipinski definition) is 2. The van der Waals surface area contributed by atoms with Gasteiger partial charge in [-0.2, -0.15) is 0 Å². The van der Waals surface area contributed by atoms with Crippen LogP contribution < -0.4 is 5.73 Å². The van der Waals surface area contributed by atoms with E-state index in [2.05, 4.69) is 0 Å². The fourth-order valence-electron chi connectivity index (χ4n) is 2.71. The van der Waals surface area contributed by atoms with Crippen LogP contribution in [0.25, 0.3) is 0 Å². The fourth-order valence-corrected chi connectivity index (χ4v) is 3.64. The van der Waals surface area contributed by atoms with Crippen molar-refractivity contribution in [3.63, 3.8) is 0 Å². The summed E-state index contributed by atoms with van der Waals surface area (Å²) in [7, 11) is 0. The van der Waals surface area contributed by atoms with Crippen molar-refractivity contribution < 1.29 is 19.3 Å². The minimum atomic E-state index is -0.747. The summed E-state index contributed by atoms with van der Waals surface area (Å²) in [6.45, 7) is 2.44. The van der Waals surface area contributed by atoms with Gasteiger partial charge in [0.1, 0.15) is 23.7 Å². The molecule has 6 heteroatoms.